The molecular weight excluding hydrogens is 267 g/mol. The van der Waals surface area contributed by atoms with Gasteiger partial charge in [-0.25, -0.2) is 0 Å². The van der Waals surface area contributed by atoms with E-state index >= 15 is 0 Å². The van der Waals surface area contributed by atoms with E-state index < -0.39 is 12.8 Å². The van der Waals surface area contributed by atoms with E-state index in [1.165, 1.54) is 16.7 Å². The van der Waals surface area contributed by atoms with Gasteiger partial charge in [0, 0.05) is 12.6 Å². The van der Waals surface area contributed by atoms with Gasteiger partial charge in [0.15, 0.2) is 0 Å². The van der Waals surface area contributed by atoms with Gasteiger partial charge in [0.25, 0.3) is 0 Å². The van der Waals surface area contributed by atoms with Crippen LogP contribution >= 0.6 is 0 Å². The first-order chi connectivity index (χ1) is 9.33. The lowest BCUT2D eigenvalue weighted by Crippen LogP contribution is -2.30. The van der Waals surface area contributed by atoms with Crippen LogP contribution in [0.4, 0.5) is 13.2 Å². The Bertz CT molecular complexity index is 398. The maximum Gasteiger partial charge on any atom is 0.411 e. The summed E-state index contributed by atoms with van der Waals surface area (Å²) in [6.45, 7) is 3.03. The van der Waals surface area contributed by atoms with Crippen LogP contribution in [0.5, 0.6) is 0 Å². The summed E-state index contributed by atoms with van der Waals surface area (Å²) in [5.74, 6) is 0. The van der Waals surface area contributed by atoms with Crippen LogP contribution in [-0.2, 0) is 11.2 Å². The SMILES string of the molecule is CNC(CCOCC(F)(F)F)Cc1c(C)cccc1C. The highest BCUT2D eigenvalue weighted by atomic mass is 19.4. The molecule has 0 amide bonds. The van der Waals surface area contributed by atoms with Crippen molar-refractivity contribution in [3.8, 4) is 0 Å². The van der Waals surface area contributed by atoms with Gasteiger partial charge in [-0.3, -0.25) is 0 Å². The lowest BCUT2D eigenvalue weighted by molar-refractivity contribution is -0.174. The quantitative estimate of drug-likeness (QED) is 0.777. The van der Waals surface area contributed by atoms with Gasteiger partial charge in [0.1, 0.15) is 6.61 Å². The number of alkyl halides is 3. The van der Waals surface area contributed by atoms with Crippen LogP contribution < -0.4 is 5.32 Å². The van der Waals surface area contributed by atoms with E-state index in [9.17, 15) is 13.2 Å². The van der Waals surface area contributed by atoms with Crippen LogP contribution in [0.15, 0.2) is 18.2 Å². The summed E-state index contributed by atoms with van der Waals surface area (Å²) in [5.41, 5.74) is 3.67. The smallest absolute Gasteiger partial charge is 0.372 e. The van der Waals surface area contributed by atoms with Crippen LogP contribution in [0.2, 0.25) is 0 Å². The van der Waals surface area contributed by atoms with Gasteiger partial charge >= 0.3 is 6.18 Å². The molecule has 0 saturated carbocycles. The van der Waals surface area contributed by atoms with E-state index in [4.69, 9.17) is 0 Å². The number of hydrogen-bond donors (Lipinski definition) is 1. The third-order valence-corrected chi connectivity index (χ3v) is 3.38. The molecule has 0 aliphatic rings. The van der Waals surface area contributed by atoms with Crippen molar-refractivity contribution in [3.63, 3.8) is 0 Å². The molecule has 0 fully saturated rings. The minimum Gasteiger partial charge on any atom is -0.372 e. The third kappa shape index (κ3) is 5.92. The summed E-state index contributed by atoms with van der Waals surface area (Å²) in [6, 6.07) is 6.22. The number of aryl methyl sites for hydroxylation is 2. The molecule has 1 atom stereocenters. The zero-order valence-electron chi connectivity index (χ0n) is 12.2. The van der Waals surface area contributed by atoms with E-state index in [2.05, 4.69) is 36.0 Å². The zero-order chi connectivity index (χ0) is 15.2. The van der Waals surface area contributed by atoms with Crippen LogP contribution in [0.3, 0.4) is 0 Å². The molecule has 0 aromatic heterocycles. The number of benzene rings is 1. The van der Waals surface area contributed by atoms with Crippen LogP contribution in [0, 0.1) is 13.8 Å². The minimum absolute atomic E-state index is 0.107. The fourth-order valence-corrected chi connectivity index (χ4v) is 2.18. The van der Waals surface area contributed by atoms with E-state index in [1.54, 1.807) is 0 Å². The standard InChI is InChI=1S/C15H22F3NO/c1-11-5-4-6-12(2)14(11)9-13(19-3)7-8-20-10-15(16,17)18/h4-6,13,19H,7-10H2,1-3H3. The Morgan fingerprint density at radius 3 is 2.30 bits per heavy atom. The number of hydrogen-bond acceptors (Lipinski definition) is 2. The average Bonchev–Trinajstić information content (AvgIpc) is 2.35. The Morgan fingerprint density at radius 1 is 1.20 bits per heavy atom. The Morgan fingerprint density at radius 2 is 1.80 bits per heavy atom. The highest BCUT2D eigenvalue weighted by molar-refractivity contribution is 5.34. The van der Waals surface area contributed by atoms with E-state index in [0.29, 0.717) is 6.42 Å². The number of likely N-dealkylation sites (N-methyl/N-ethyl adjacent to an activating group) is 1. The van der Waals surface area contributed by atoms with Crippen LogP contribution in [0.25, 0.3) is 0 Å². The lowest BCUT2D eigenvalue weighted by Gasteiger charge is -2.19. The molecule has 0 heterocycles. The number of halogens is 3. The third-order valence-electron chi connectivity index (χ3n) is 3.38. The Balaban J connectivity index is 2.47. The van der Waals surface area contributed by atoms with Crippen molar-refractivity contribution in [1.82, 2.24) is 5.32 Å². The number of nitrogens with one attached hydrogen (secondary N) is 1. The summed E-state index contributed by atoms with van der Waals surface area (Å²) in [7, 11) is 1.82. The summed E-state index contributed by atoms with van der Waals surface area (Å²) in [6.07, 6.45) is -2.90. The molecule has 0 radical (unpaired) electrons. The normalized spacial score (nSPS) is 13.5. The Kier molecular flexibility index (Phi) is 6.49. The van der Waals surface area contributed by atoms with Crippen LogP contribution in [0.1, 0.15) is 23.1 Å². The highest BCUT2D eigenvalue weighted by Gasteiger charge is 2.27. The Hall–Kier alpha value is -1.07. The molecule has 0 saturated heterocycles. The molecule has 0 bridgehead atoms. The van der Waals surface area contributed by atoms with Crippen LogP contribution in [-0.4, -0.2) is 32.5 Å². The van der Waals surface area contributed by atoms with Crippen molar-refractivity contribution < 1.29 is 17.9 Å². The van der Waals surface area contributed by atoms with Crippen molar-refractivity contribution in [2.45, 2.75) is 38.9 Å². The van der Waals surface area contributed by atoms with Gasteiger partial charge in [-0.05, 0) is 50.4 Å². The van der Waals surface area contributed by atoms with Crippen molar-refractivity contribution in [2.24, 2.45) is 0 Å². The van der Waals surface area contributed by atoms with E-state index in [0.717, 1.165) is 6.42 Å². The molecule has 0 spiro atoms. The maximum atomic E-state index is 12.0. The van der Waals surface area contributed by atoms with Gasteiger partial charge in [0.2, 0.25) is 0 Å². The first-order valence-electron chi connectivity index (χ1n) is 6.70. The second kappa shape index (κ2) is 7.64. The number of rotatable bonds is 7. The molecule has 1 aromatic carbocycles. The minimum atomic E-state index is -4.25. The molecule has 1 aromatic rings. The van der Waals surface area contributed by atoms with Crippen molar-refractivity contribution >= 4 is 0 Å². The van der Waals surface area contributed by atoms with Crippen molar-refractivity contribution in [2.75, 3.05) is 20.3 Å². The van der Waals surface area contributed by atoms with E-state index in [-0.39, 0.29) is 12.6 Å². The second-order valence-corrected chi connectivity index (χ2v) is 5.02. The van der Waals surface area contributed by atoms with Crippen molar-refractivity contribution in [3.05, 3.63) is 34.9 Å². The fourth-order valence-electron chi connectivity index (χ4n) is 2.18. The Labute approximate surface area is 118 Å². The van der Waals surface area contributed by atoms with Crippen molar-refractivity contribution in [1.29, 1.82) is 0 Å². The second-order valence-electron chi connectivity index (χ2n) is 5.02. The lowest BCUT2D eigenvalue weighted by atomic mass is 9.95. The first-order valence-corrected chi connectivity index (χ1v) is 6.70. The molecule has 1 unspecified atom stereocenters. The molecule has 1 rings (SSSR count). The fraction of sp³-hybridized carbons (Fsp3) is 0.600. The first kappa shape index (κ1) is 17.0. The molecule has 20 heavy (non-hydrogen) atoms. The molecule has 114 valence electrons. The zero-order valence-corrected chi connectivity index (χ0v) is 12.2. The summed E-state index contributed by atoms with van der Waals surface area (Å²) >= 11 is 0. The topological polar surface area (TPSA) is 21.3 Å². The van der Waals surface area contributed by atoms with E-state index in [1.807, 2.05) is 13.1 Å². The average molecular weight is 289 g/mol. The monoisotopic (exact) mass is 289 g/mol. The van der Waals surface area contributed by atoms with Gasteiger partial charge in [-0.15, -0.1) is 0 Å². The predicted molar refractivity (Wildman–Crippen MR) is 74.0 cm³/mol. The predicted octanol–water partition coefficient (Wildman–Crippen LogP) is 3.40. The van der Waals surface area contributed by atoms with Gasteiger partial charge < -0.3 is 10.1 Å². The summed E-state index contributed by atoms with van der Waals surface area (Å²) < 4.78 is 40.6. The molecule has 1 N–H and O–H groups in total. The molecule has 0 aliphatic carbocycles. The molecular formula is C15H22F3NO. The number of ether oxygens (including phenoxy) is 1. The molecule has 5 heteroatoms. The van der Waals surface area contributed by atoms with Gasteiger partial charge in [-0.2, -0.15) is 13.2 Å². The highest BCUT2D eigenvalue weighted by Crippen LogP contribution is 2.17. The summed E-state index contributed by atoms with van der Waals surface area (Å²) in [4.78, 5) is 0. The van der Waals surface area contributed by atoms with Gasteiger partial charge in [-0.1, -0.05) is 18.2 Å². The maximum absolute atomic E-state index is 12.0. The molecule has 2 nitrogen and oxygen atoms in total. The molecule has 0 aliphatic heterocycles. The van der Waals surface area contributed by atoms with Gasteiger partial charge in [0.05, 0.1) is 0 Å². The largest absolute Gasteiger partial charge is 0.411 e. The summed E-state index contributed by atoms with van der Waals surface area (Å²) in [5, 5.41) is 3.14.